The number of halogens is 1. The number of esters is 1. The molecule has 0 bridgehead atoms. The third kappa shape index (κ3) is 6.86. The molecule has 0 saturated carbocycles. The van der Waals surface area contributed by atoms with Gasteiger partial charge in [-0.1, -0.05) is 24.3 Å². The number of carbonyl (C=O) groups excluding carboxylic acids is 3. The summed E-state index contributed by atoms with van der Waals surface area (Å²) < 4.78 is 23.5. The van der Waals surface area contributed by atoms with Gasteiger partial charge in [0.2, 0.25) is 0 Å². The summed E-state index contributed by atoms with van der Waals surface area (Å²) >= 11 is 0. The molecule has 4 aromatic rings. The van der Waals surface area contributed by atoms with E-state index in [4.69, 9.17) is 4.74 Å². The average Bonchev–Trinajstić information content (AvgIpc) is 3.53. The zero-order valence-corrected chi connectivity index (χ0v) is 25.5. The van der Waals surface area contributed by atoms with Gasteiger partial charge in [0.1, 0.15) is 18.0 Å². The van der Waals surface area contributed by atoms with Gasteiger partial charge in [0.15, 0.2) is 5.82 Å². The topological polar surface area (TPSA) is 123 Å². The van der Waals surface area contributed by atoms with Gasteiger partial charge < -0.3 is 24.8 Å². The molecule has 0 unspecified atom stereocenters. The van der Waals surface area contributed by atoms with Gasteiger partial charge in [-0.2, -0.15) is 5.10 Å². The van der Waals surface area contributed by atoms with Crippen molar-refractivity contribution in [1.29, 1.82) is 0 Å². The first-order valence-electron chi connectivity index (χ1n) is 14.4. The summed E-state index contributed by atoms with van der Waals surface area (Å²) in [5.41, 5.74) is 3.75. The highest BCUT2D eigenvalue weighted by atomic mass is 19.1. The molecule has 5 rings (SSSR count). The van der Waals surface area contributed by atoms with Crippen LogP contribution in [-0.2, 0) is 23.1 Å². The molecule has 0 aliphatic carbocycles. The molecule has 11 nitrogen and oxygen atoms in total. The van der Waals surface area contributed by atoms with E-state index in [9.17, 15) is 18.8 Å². The summed E-state index contributed by atoms with van der Waals surface area (Å²) in [5.74, 6) is -1.79. The molecule has 44 heavy (non-hydrogen) atoms. The van der Waals surface area contributed by atoms with E-state index in [1.165, 1.54) is 12.1 Å². The average molecular weight is 602 g/mol. The largest absolute Gasteiger partial charge is 0.459 e. The number of carbonyl (C=O) groups is 3. The molecule has 2 amide bonds. The van der Waals surface area contributed by atoms with Crippen LogP contribution >= 0.6 is 0 Å². The minimum atomic E-state index is -0.697. The summed E-state index contributed by atoms with van der Waals surface area (Å²) in [5, 5.41) is 10.3. The molecule has 3 heterocycles. The van der Waals surface area contributed by atoms with Gasteiger partial charge in [-0.3, -0.25) is 19.1 Å². The van der Waals surface area contributed by atoms with Crippen LogP contribution in [0, 0.1) is 12.7 Å². The van der Waals surface area contributed by atoms with Gasteiger partial charge in [0.05, 0.1) is 23.1 Å². The minimum absolute atomic E-state index is 0.0154. The number of hydrogen-bond acceptors (Lipinski definition) is 7. The summed E-state index contributed by atoms with van der Waals surface area (Å²) in [6.45, 7) is 9.73. The smallest absolute Gasteiger partial charge is 0.328 e. The van der Waals surface area contributed by atoms with Gasteiger partial charge in [0.25, 0.3) is 11.8 Å². The standard InChI is InChI=1S/C32H36FN7O4/c1-20-25(18-40(37-20)19-28(41)44-32(2,3)4)21-6-8-22(9-7-21)27-17-35-29(38(27)5)30(42)36-23-10-11-24(26(33)16-23)31(43)39-14-12-34-13-15-39/h6-11,16-18,34H,12-15,19H2,1-5H3,(H,36,42). The van der Waals surface area contributed by atoms with Crippen molar-refractivity contribution < 1.29 is 23.5 Å². The van der Waals surface area contributed by atoms with Crippen molar-refractivity contribution in [2.75, 3.05) is 31.5 Å². The maximum Gasteiger partial charge on any atom is 0.328 e. The number of amides is 2. The highest BCUT2D eigenvalue weighted by Gasteiger charge is 2.23. The number of aromatic nitrogens is 4. The number of nitrogens with zero attached hydrogens (tertiary/aromatic N) is 5. The van der Waals surface area contributed by atoms with E-state index in [2.05, 4.69) is 20.7 Å². The number of hydrogen-bond donors (Lipinski definition) is 2. The van der Waals surface area contributed by atoms with Crippen LogP contribution in [0.1, 0.15) is 47.4 Å². The SMILES string of the molecule is Cc1nn(CC(=O)OC(C)(C)C)cc1-c1ccc(-c2cnc(C(=O)Nc3ccc(C(=O)N4CCNCC4)c(F)c3)n2C)cc1. The number of aryl methyl sites for hydroxylation is 1. The Morgan fingerprint density at radius 2 is 1.73 bits per heavy atom. The third-order valence-electron chi connectivity index (χ3n) is 7.20. The van der Waals surface area contributed by atoms with Gasteiger partial charge >= 0.3 is 5.97 Å². The van der Waals surface area contributed by atoms with Crippen LogP contribution in [0.25, 0.3) is 22.4 Å². The Bertz CT molecular complexity index is 1700. The van der Waals surface area contributed by atoms with Crippen LogP contribution in [0.3, 0.4) is 0 Å². The molecular formula is C32H36FN7O4. The van der Waals surface area contributed by atoms with Crippen LogP contribution in [-0.4, -0.2) is 73.8 Å². The maximum atomic E-state index is 14.8. The molecule has 0 radical (unpaired) electrons. The molecular weight excluding hydrogens is 565 g/mol. The van der Waals surface area contributed by atoms with Crippen molar-refractivity contribution in [2.45, 2.75) is 39.8 Å². The molecule has 230 valence electrons. The monoisotopic (exact) mass is 601 g/mol. The van der Waals surface area contributed by atoms with Crippen LogP contribution in [0.2, 0.25) is 0 Å². The number of nitrogens with one attached hydrogen (secondary N) is 2. The minimum Gasteiger partial charge on any atom is -0.459 e. The Hall–Kier alpha value is -4.84. The summed E-state index contributed by atoms with van der Waals surface area (Å²) in [4.78, 5) is 43.9. The van der Waals surface area contributed by atoms with Crippen molar-refractivity contribution in [3.63, 3.8) is 0 Å². The fourth-order valence-corrected chi connectivity index (χ4v) is 5.09. The van der Waals surface area contributed by atoms with Crippen LogP contribution in [0.5, 0.6) is 0 Å². The number of anilines is 1. The summed E-state index contributed by atoms with van der Waals surface area (Å²) in [6.07, 6.45) is 3.42. The molecule has 1 aliphatic heterocycles. The van der Waals surface area contributed by atoms with Crippen molar-refractivity contribution in [2.24, 2.45) is 7.05 Å². The van der Waals surface area contributed by atoms with Crippen molar-refractivity contribution in [1.82, 2.24) is 29.5 Å². The van der Waals surface area contributed by atoms with E-state index < -0.39 is 17.3 Å². The molecule has 1 aliphatic rings. The molecule has 0 spiro atoms. The van der Waals surface area contributed by atoms with Crippen LogP contribution in [0.4, 0.5) is 10.1 Å². The van der Waals surface area contributed by atoms with Crippen LogP contribution < -0.4 is 10.6 Å². The first-order valence-corrected chi connectivity index (χ1v) is 14.4. The van der Waals surface area contributed by atoms with Crippen LogP contribution in [0.15, 0.2) is 54.9 Å². The second kappa shape index (κ2) is 12.4. The Balaban J connectivity index is 1.26. The highest BCUT2D eigenvalue weighted by Crippen LogP contribution is 2.27. The van der Waals surface area contributed by atoms with E-state index in [0.717, 1.165) is 28.5 Å². The first-order chi connectivity index (χ1) is 20.9. The lowest BCUT2D eigenvalue weighted by atomic mass is 10.0. The van der Waals surface area contributed by atoms with E-state index in [0.29, 0.717) is 31.9 Å². The van der Waals surface area contributed by atoms with Crippen molar-refractivity contribution in [3.8, 4) is 22.4 Å². The molecule has 2 N–H and O–H groups in total. The van der Waals surface area contributed by atoms with E-state index in [-0.39, 0.29) is 35.5 Å². The Morgan fingerprint density at radius 1 is 1.05 bits per heavy atom. The number of benzene rings is 2. The lowest BCUT2D eigenvalue weighted by Gasteiger charge is -2.27. The van der Waals surface area contributed by atoms with Crippen molar-refractivity contribution in [3.05, 3.63) is 77.8 Å². The predicted octanol–water partition coefficient (Wildman–Crippen LogP) is 4.04. The molecule has 2 aromatic heterocycles. The Kier molecular flexibility index (Phi) is 8.63. The van der Waals surface area contributed by atoms with Gasteiger partial charge in [-0.15, -0.1) is 0 Å². The summed E-state index contributed by atoms with van der Waals surface area (Å²) in [6, 6.07) is 11.8. The lowest BCUT2D eigenvalue weighted by molar-refractivity contribution is -0.155. The fraction of sp³-hybridized carbons (Fsp3) is 0.344. The molecule has 2 aromatic carbocycles. The van der Waals surface area contributed by atoms with Gasteiger partial charge in [-0.25, -0.2) is 9.37 Å². The molecule has 0 atom stereocenters. The molecule has 1 saturated heterocycles. The fourth-order valence-electron chi connectivity index (χ4n) is 5.09. The highest BCUT2D eigenvalue weighted by molar-refractivity contribution is 6.03. The number of piperazine rings is 1. The second-order valence-electron chi connectivity index (χ2n) is 11.7. The zero-order chi connectivity index (χ0) is 31.6. The predicted molar refractivity (Wildman–Crippen MR) is 164 cm³/mol. The van der Waals surface area contributed by atoms with Gasteiger partial charge in [-0.05, 0) is 57.0 Å². The zero-order valence-electron chi connectivity index (χ0n) is 25.5. The van der Waals surface area contributed by atoms with E-state index in [1.54, 1.807) is 27.4 Å². The van der Waals surface area contributed by atoms with Crippen molar-refractivity contribution >= 4 is 23.5 Å². The first kappa shape index (κ1) is 30.6. The number of ether oxygens (including phenoxy) is 1. The molecule has 12 heteroatoms. The Morgan fingerprint density at radius 3 is 2.39 bits per heavy atom. The number of imidazole rings is 1. The third-order valence-corrected chi connectivity index (χ3v) is 7.20. The normalized spacial score (nSPS) is 13.5. The second-order valence-corrected chi connectivity index (χ2v) is 11.7. The maximum absolute atomic E-state index is 14.8. The number of rotatable bonds is 7. The van der Waals surface area contributed by atoms with E-state index in [1.807, 2.05) is 58.2 Å². The Labute approximate surface area is 255 Å². The quantitative estimate of drug-likeness (QED) is 0.307. The lowest BCUT2D eigenvalue weighted by Crippen LogP contribution is -2.46. The van der Waals surface area contributed by atoms with Gasteiger partial charge in [0, 0.05) is 50.7 Å². The molecule has 1 fully saturated rings. The summed E-state index contributed by atoms with van der Waals surface area (Å²) in [7, 11) is 1.73. The van der Waals surface area contributed by atoms with E-state index >= 15 is 0 Å².